The second-order valence-electron chi connectivity index (χ2n) is 4.17. The van der Waals surface area contributed by atoms with E-state index in [1.165, 1.54) is 0 Å². The fraction of sp³-hybridized carbons (Fsp3) is 0.857. The second kappa shape index (κ2) is 4.28. The molecule has 0 saturated carbocycles. The maximum atomic E-state index is 10.3. The van der Waals surface area contributed by atoms with Crippen molar-refractivity contribution in [3.63, 3.8) is 0 Å². The lowest BCUT2D eigenvalue weighted by molar-refractivity contribution is -0.877. The highest BCUT2D eigenvalue weighted by Gasteiger charge is 2.32. The van der Waals surface area contributed by atoms with Crippen LogP contribution in [-0.4, -0.2) is 49.0 Å². The van der Waals surface area contributed by atoms with Gasteiger partial charge >= 0.3 is 0 Å². The molecule has 0 aromatic carbocycles. The molecule has 0 radical (unpaired) electrons. The molecule has 0 aromatic rings. The lowest BCUT2D eigenvalue weighted by Gasteiger charge is -2.32. The Kier molecular flexibility index (Phi) is 3.88. The van der Waals surface area contributed by atoms with Gasteiger partial charge in [-0.25, -0.2) is 0 Å². The summed E-state index contributed by atoms with van der Waals surface area (Å²) in [6.45, 7) is 0.00500. The van der Waals surface area contributed by atoms with E-state index in [9.17, 15) is 15.0 Å². The fourth-order valence-electron chi connectivity index (χ4n) is 1.20. The van der Waals surface area contributed by atoms with Crippen molar-refractivity contribution >= 4 is 5.97 Å². The first-order valence-electron chi connectivity index (χ1n) is 3.97. The molecular formula is C7H14N4O3. The highest BCUT2D eigenvalue weighted by atomic mass is 16.4. The number of nitrogens with zero attached hydrogens (tertiary/aromatic N) is 4. The van der Waals surface area contributed by atoms with E-state index in [-0.39, 0.29) is 11.0 Å². The third-order valence-corrected chi connectivity index (χ3v) is 1.39. The molecule has 0 aromatic heterocycles. The van der Waals surface area contributed by atoms with Crippen LogP contribution in [0.5, 0.6) is 0 Å². The maximum Gasteiger partial charge on any atom is 0.197 e. The van der Waals surface area contributed by atoms with Crippen molar-refractivity contribution in [2.45, 2.75) is 12.1 Å². The number of aliphatic hydroxyl groups is 1. The molecule has 7 heteroatoms. The number of carbonyl (C=O) groups excluding carboxylic acids is 1. The quantitative estimate of drug-likeness (QED) is 0.262. The van der Waals surface area contributed by atoms with Gasteiger partial charge in [0.05, 0.1) is 21.1 Å². The molecule has 0 rings (SSSR count). The van der Waals surface area contributed by atoms with Gasteiger partial charge in [-0.3, -0.25) is 0 Å². The van der Waals surface area contributed by atoms with Crippen LogP contribution in [0.15, 0.2) is 5.11 Å². The number of aliphatic carboxylic acids is 1. The number of hydrogen-bond donors (Lipinski definition) is 1. The van der Waals surface area contributed by atoms with Crippen molar-refractivity contribution in [1.29, 1.82) is 0 Å². The van der Waals surface area contributed by atoms with E-state index in [1.54, 1.807) is 21.1 Å². The first-order valence-corrected chi connectivity index (χ1v) is 3.97. The molecule has 0 fully saturated rings. The maximum absolute atomic E-state index is 10.3. The Morgan fingerprint density at radius 2 is 2.14 bits per heavy atom. The largest absolute Gasteiger partial charge is 0.550 e. The topological polar surface area (TPSA) is 109 Å². The summed E-state index contributed by atoms with van der Waals surface area (Å²) < 4.78 is 0.281. The van der Waals surface area contributed by atoms with E-state index >= 15 is 0 Å². The number of carbonyl (C=O) groups is 1. The number of carboxylic acid groups (broad SMARTS) is 1. The van der Waals surface area contributed by atoms with Crippen LogP contribution in [0.1, 0.15) is 6.42 Å². The zero-order valence-corrected chi connectivity index (χ0v) is 8.47. The number of quaternary nitrogens is 1. The van der Waals surface area contributed by atoms with Crippen LogP contribution in [0.4, 0.5) is 0 Å². The second-order valence-corrected chi connectivity index (χ2v) is 4.17. The van der Waals surface area contributed by atoms with Gasteiger partial charge in [0.25, 0.3) is 0 Å². The number of likely N-dealkylation sites (N-methyl/N-ethyl adjacent to an activating group) is 1. The molecule has 1 atom stereocenters. The lowest BCUT2D eigenvalue weighted by atomic mass is 10.1. The van der Waals surface area contributed by atoms with Gasteiger partial charge < -0.3 is 19.5 Å². The van der Waals surface area contributed by atoms with Gasteiger partial charge in [0.2, 0.25) is 0 Å². The minimum Gasteiger partial charge on any atom is -0.550 e. The zero-order chi connectivity index (χ0) is 11.4. The molecule has 0 amide bonds. The van der Waals surface area contributed by atoms with Gasteiger partial charge in [-0.2, -0.15) is 0 Å². The lowest BCUT2D eigenvalue weighted by Crippen LogP contribution is -2.50. The Hall–Kier alpha value is -1.30. The summed E-state index contributed by atoms with van der Waals surface area (Å²) in [6, 6.07) is 0. The Morgan fingerprint density at radius 3 is 2.43 bits per heavy atom. The molecule has 0 aliphatic rings. The van der Waals surface area contributed by atoms with Crippen LogP contribution in [0.3, 0.4) is 0 Å². The Bertz CT molecular complexity index is 267. The van der Waals surface area contributed by atoms with Gasteiger partial charge in [-0.1, -0.05) is 5.11 Å². The van der Waals surface area contributed by atoms with Crippen molar-refractivity contribution in [2.24, 2.45) is 5.11 Å². The summed E-state index contributed by atoms with van der Waals surface area (Å²) in [4.78, 5) is 12.7. The molecule has 0 spiro atoms. The van der Waals surface area contributed by atoms with E-state index in [0.717, 1.165) is 0 Å². The molecule has 7 nitrogen and oxygen atoms in total. The summed E-state index contributed by atoms with van der Waals surface area (Å²) in [5.41, 5.74) is 6.26. The average Bonchev–Trinajstić information content (AvgIpc) is 1.78. The molecule has 0 saturated heterocycles. The van der Waals surface area contributed by atoms with Crippen LogP contribution in [0.25, 0.3) is 10.4 Å². The van der Waals surface area contributed by atoms with Crippen LogP contribution in [0.2, 0.25) is 0 Å². The van der Waals surface area contributed by atoms with Gasteiger partial charge in [0.15, 0.2) is 5.72 Å². The Labute approximate surface area is 81.8 Å². The van der Waals surface area contributed by atoms with Crippen molar-refractivity contribution < 1.29 is 19.5 Å². The smallest absolute Gasteiger partial charge is 0.197 e. The number of hydrogen-bond acceptors (Lipinski definition) is 4. The molecule has 0 aliphatic carbocycles. The third kappa shape index (κ3) is 5.36. The van der Waals surface area contributed by atoms with E-state index in [2.05, 4.69) is 10.0 Å². The fourth-order valence-corrected chi connectivity index (χ4v) is 1.20. The van der Waals surface area contributed by atoms with E-state index in [1.807, 2.05) is 0 Å². The summed E-state index contributed by atoms with van der Waals surface area (Å²) in [7, 11) is 5.23. The predicted molar refractivity (Wildman–Crippen MR) is 46.6 cm³/mol. The van der Waals surface area contributed by atoms with Crippen LogP contribution >= 0.6 is 0 Å². The minimum atomic E-state index is -1.92. The molecule has 1 N–H and O–H groups in total. The summed E-state index contributed by atoms with van der Waals surface area (Å²) in [6.07, 6.45) is -0.702. The molecule has 80 valence electrons. The summed E-state index contributed by atoms with van der Waals surface area (Å²) in [5, 5.41) is 23.1. The van der Waals surface area contributed by atoms with Gasteiger partial charge in [0, 0.05) is 17.3 Å². The molecule has 1 unspecified atom stereocenters. The highest BCUT2D eigenvalue weighted by molar-refractivity contribution is 5.65. The standard InChI is InChI=1S/C7H14N4O3/c1-11(2,3)5-7(14,9-10-8)4-6(12)13/h14H,4-5H2,1-3H3. The first-order chi connectivity index (χ1) is 6.18. The van der Waals surface area contributed by atoms with Crippen molar-refractivity contribution in [2.75, 3.05) is 27.7 Å². The Balaban J connectivity index is 4.72. The average molecular weight is 202 g/mol. The normalized spacial score (nSPS) is 15.4. The van der Waals surface area contributed by atoms with Gasteiger partial charge in [-0.15, -0.1) is 0 Å². The zero-order valence-electron chi connectivity index (χ0n) is 8.47. The minimum absolute atomic E-state index is 0.00500. The van der Waals surface area contributed by atoms with Crippen LogP contribution in [-0.2, 0) is 4.79 Å². The molecule has 0 heterocycles. The molecule has 0 aliphatic heterocycles. The summed E-state index contributed by atoms with van der Waals surface area (Å²) >= 11 is 0. The van der Waals surface area contributed by atoms with Crippen LogP contribution < -0.4 is 5.11 Å². The van der Waals surface area contributed by atoms with Crippen molar-refractivity contribution in [3.05, 3.63) is 10.4 Å². The predicted octanol–water partition coefficient (Wildman–Crippen LogP) is -1.17. The highest BCUT2D eigenvalue weighted by Crippen LogP contribution is 2.15. The number of azide groups is 1. The number of rotatable bonds is 5. The van der Waals surface area contributed by atoms with Crippen LogP contribution in [0, 0.1) is 0 Å². The first kappa shape index (κ1) is 12.7. The third-order valence-electron chi connectivity index (χ3n) is 1.39. The van der Waals surface area contributed by atoms with Gasteiger partial charge in [-0.05, 0) is 5.53 Å². The van der Waals surface area contributed by atoms with Gasteiger partial charge in [0.1, 0.15) is 6.54 Å². The van der Waals surface area contributed by atoms with Crippen molar-refractivity contribution in [1.82, 2.24) is 0 Å². The van der Waals surface area contributed by atoms with E-state index in [0.29, 0.717) is 0 Å². The summed E-state index contributed by atoms with van der Waals surface area (Å²) in [5.74, 6) is -1.45. The van der Waals surface area contributed by atoms with E-state index in [4.69, 9.17) is 5.53 Å². The van der Waals surface area contributed by atoms with E-state index < -0.39 is 18.1 Å². The molecule has 0 bridgehead atoms. The number of carboxylic acids is 1. The monoisotopic (exact) mass is 202 g/mol. The SMILES string of the molecule is C[N+](C)(C)CC(O)(CC(=O)[O-])N=[N+]=[N-]. The molecule has 14 heavy (non-hydrogen) atoms. The Morgan fingerprint density at radius 1 is 1.64 bits per heavy atom. The van der Waals surface area contributed by atoms with Crippen molar-refractivity contribution in [3.8, 4) is 0 Å². The molecular weight excluding hydrogens is 188 g/mol.